The van der Waals surface area contributed by atoms with Crippen molar-refractivity contribution >= 4 is 10.8 Å². The average molecular weight is 433 g/mol. The summed E-state index contributed by atoms with van der Waals surface area (Å²) in [7, 11) is 0. The van der Waals surface area contributed by atoms with Crippen LogP contribution < -0.4 is 4.74 Å². The zero-order chi connectivity index (χ0) is 21.8. The minimum absolute atomic E-state index is 0.387. The lowest BCUT2D eigenvalue weighted by Gasteiger charge is -2.42. The maximum Gasteiger partial charge on any atom is 0.387 e. The number of alkyl halides is 2. The zero-order valence-electron chi connectivity index (χ0n) is 18.6. The number of rotatable bonds is 8. The predicted molar refractivity (Wildman–Crippen MR) is 120 cm³/mol. The van der Waals surface area contributed by atoms with Gasteiger partial charge in [-0.05, 0) is 84.2 Å². The highest BCUT2D eigenvalue weighted by Gasteiger charge is 2.35. The number of hydrogen-bond donors (Lipinski definition) is 0. The first kappa shape index (κ1) is 22.5. The molecule has 4 heteroatoms. The topological polar surface area (TPSA) is 9.23 Å². The lowest BCUT2D eigenvalue weighted by atomic mass is 9.63. The molecule has 2 aliphatic rings. The molecule has 0 aliphatic heterocycles. The van der Waals surface area contributed by atoms with Crippen molar-refractivity contribution in [3.8, 4) is 5.75 Å². The second-order valence-electron chi connectivity index (χ2n) is 9.83. The lowest BCUT2D eigenvalue weighted by Crippen LogP contribution is -2.30. The van der Waals surface area contributed by atoms with Crippen LogP contribution in [0, 0.1) is 23.6 Å². The Labute approximate surface area is 184 Å². The molecule has 0 bridgehead atoms. The normalized spacial score (nSPS) is 26.2. The van der Waals surface area contributed by atoms with E-state index in [1.54, 1.807) is 0 Å². The minimum atomic E-state index is -3.02. The van der Waals surface area contributed by atoms with Crippen LogP contribution in [0.3, 0.4) is 0 Å². The van der Waals surface area contributed by atoms with Gasteiger partial charge in [-0.3, -0.25) is 0 Å². The van der Waals surface area contributed by atoms with Gasteiger partial charge in [0, 0.05) is 0 Å². The summed E-state index contributed by atoms with van der Waals surface area (Å²) in [5.41, 5.74) is 1.26. The molecule has 2 fully saturated rings. The van der Waals surface area contributed by atoms with Crippen molar-refractivity contribution < 1.29 is 17.9 Å². The van der Waals surface area contributed by atoms with Crippen LogP contribution in [0.2, 0.25) is 0 Å². The van der Waals surface area contributed by atoms with Gasteiger partial charge in [-0.25, -0.2) is 4.39 Å². The van der Waals surface area contributed by atoms with Crippen molar-refractivity contribution in [1.82, 2.24) is 0 Å². The average Bonchev–Trinajstić information content (AvgIpc) is 2.76. The molecule has 2 saturated carbocycles. The van der Waals surface area contributed by atoms with E-state index in [1.165, 1.54) is 88.3 Å². The molecule has 0 amide bonds. The molecule has 0 radical (unpaired) electrons. The van der Waals surface area contributed by atoms with E-state index in [4.69, 9.17) is 0 Å². The van der Waals surface area contributed by atoms with Crippen LogP contribution in [-0.4, -0.2) is 6.61 Å². The van der Waals surface area contributed by atoms with Gasteiger partial charge in [-0.2, -0.15) is 8.78 Å². The van der Waals surface area contributed by atoms with Crippen LogP contribution in [0.25, 0.3) is 10.8 Å². The van der Waals surface area contributed by atoms with Crippen LogP contribution in [0.15, 0.2) is 30.3 Å². The summed E-state index contributed by atoms with van der Waals surface area (Å²) in [6, 6.07) is 8.76. The molecular formula is C27H35F3O. The first-order chi connectivity index (χ1) is 15.0. The van der Waals surface area contributed by atoms with Gasteiger partial charge in [0.15, 0.2) is 11.6 Å². The summed E-state index contributed by atoms with van der Waals surface area (Å²) >= 11 is 0. The van der Waals surface area contributed by atoms with Gasteiger partial charge < -0.3 is 4.74 Å². The summed E-state index contributed by atoms with van der Waals surface area (Å²) in [5, 5.41) is 1.49. The molecule has 4 unspecified atom stereocenters. The summed E-state index contributed by atoms with van der Waals surface area (Å²) in [6.45, 7) is -0.748. The molecule has 2 aromatic carbocycles. The van der Waals surface area contributed by atoms with E-state index in [1.807, 2.05) is 6.07 Å². The van der Waals surface area contributed by atoms with Crippen LogP contribution >= 0.6 is 0 Å². The fourth-order valence-corrected chi connectivity index (χ4v) is 6.12. The van der Waals surface area contributed by atoms with Gasteiger partial charge >= 0.3 is 6.61 Å². The Kier molecular flexibility index (Phi) is 7.45. The summed E-state index contributed by atoms with van der Waals surface area (Å²) in [4.78, 5) is 0. The number of unbranched alkanes of at least 4 members (excludes halogenated alkanes) is 3. The summed E-state index contributed by atoms with van der Waals surface area (Å²) in [5.74, 6) is 2.04. The van der Waals surface area contributed by atoms with Crippen LogP contribution in [0.5, 0.6) is 5.75 Å². The van der Waals surface area contributed by atoms with Crippen molar-refractivity contribution in [3.63, 3.8) is 0 Å². The molecule has 2 aromatic rings. The molecule has 0 N–H and O–H groups in total. The van der Waals surface area contributed by atoms with Gasteiger partial charge in [-0.1, -0.05) is 63.6 Å². The van der Waals surface area contributed by atoms with Crippen molar-refractivity contribution in [2.75, 3.05) is 0 Å². The van der Waals surface area contributed by atoms with Crippen molar-refractivity contribution in [3.05, 3.63) is 41.7 Å². The second kappa shape index (κ2) is 10.3. The first-order valence-corrected chi connectivity index (χ1v) is 12.2. The van der Waals surface area contributed by atoms with E-state index in [2.05, 4.69) is 23.8 Å². The van der Waals surface area contributed by atoms with Gasteiger partial charge in [-0.15, -0.1) is 0 Å². The summed E-state index contributed by atoms with van der Waals surface area (Å²) in [6.07, 6.45) is 14.8. The molecule has 4 rings (SSSR count). The fraction of sp³-hybridized carbons (Fsp3) is 0.630. The van der Waals surface area contributed by atoms with E-state index < -0.39 is 12.4 Å². The molecule has 0 aromatic heterocycles. The minimum Gasteiger partial charge on any atom is -0.432 e. The van der Waals surface area contributed by atoms with Gasteiger partial charge in [0.2, 0.25) is 0 Å². The summed E-state index contributed by atoms with van der Waals surface area (Å²) < 4.78 is 43.4. The van der Waals surface area contributed by atoms with Crippen LogP contribution in [0.4, 0.5) is 13.2 Å². The quantitative estimate of drug-likeness (QED) is 0.379. The molecule has 2 aliphatic carbocycles. The Morgan fingerprint density at radius 1 is 0.903 bits per heavy atom. The Bertz CT molecular complexity index is 865. The molecule has 0 heterocycles. The highest BCUT2D eigenvalue weighted by Crippen LogP contribution is 2.48. The number of halogens is 3. The maximum absolute atomic E-state index is 14.2. The second-order valence-corrected chi connectivity index (χ2v) is 9.83. The van der Waals surface area contributed by atoms with Gasteiger partial charge in [0.1, 0.15) is 0 Å². The van der Waals surface area contributed by atoms with Crippen molar-refractivity contribution in [2.24, 2.45) is 17.8 Å². The van der Waals surface area contributed by atoms with Crippen LogP contribution in [-0.2, 0) is 0 Å². The Morgan fingerprint density at radius 3 is 2.52 bits per heavy atom. The number of ether oxygens (including phenoxy) is 1. The monoisotopic (exact) mass is 432 g/mol. The van der Waals surface area contributed by atoms with E-state index in [9.17, 15) is 13.2 Å². The molecule has 0 saturated heterocycles. The van der Waals surface area contributed by atoms with E-state index in [0.717, 1.165) is 28.5 Å². The van der Waals surface area contributed by atoms with E-state index >= 15 is 0 Å². The smallest absolute Gasteiger partial charge is 0.387 e. The molecule has 31 heavy (non-hydrogen) atoms. The highest BCUT2D eigenvalue weighted by atomic mass is 19.3. The standard InChI is InChI=1S/C27H35F3O/c1-2-3-4-5-6-18-7-8-20-14-21(10-9-19(20)13-18)22-11-12-23-17-26(31-27(29)30)25(28)16-24(23)15-22/h11-12,15-21,27H,2-10,13-14H2,1H3. The molecule has 170 valence electrons. The first-order valence-electron chi connectivity index (χ1n) is 12.2. The molecule has 1 nitrogen and oxygen atoms in total. The van der Waals surface area contributed by atoms with Gasteiger partial charge in [0.05, 0.1) is 0 Å². The number of benzene rings is 2. The SMILES string of the molecule is CCCCCCC1CCC2CC(c3ccc4cc(OC(F)F)c(F)cc4c3)CCC2C1. The van der Waals surface area contributed by atoms with E-state index in [0.29, 0.717) is 5.92 Å². The third-order valence-corrected chi connectivity index (χ3v) is 7.79. The van der Waals surface area contributed by atoms with E-state index in [-0.39, 0.29) is 5.75 Å². The van der Waals surface area contributed by atoms with Crippen molar-refractivity contribution in [1.29, 1.82) is 0 Å². The largest absolute Gasteiger partial charge is 0.432 e. The third-order valence-electron chi connectivity index (χ3n) is 7.79. The Hall–Kier alpha value is -1.71. The predicted octanol–water partition coefficient (Wildman–Crippen LogP) is 8.85. The highest BCUT2D eigenvalue weighted by molar-refractivity contribution is 5.84. The fourth-order valence-electron chi connectivity index (χ4n) is 6.12. The Morgan fingerprint density at radius 2 is 1.71 bits per heavy atom. The van der Waals surface area contributed by atoms with Gasteiger partial charge in [0.25, 0.3) is 0 Å². The Balaban J connectivity index is 1.38. The molecule has 0 spiro atoms. The zero-order valence-corrected chi connectivity index (χ0v) is 18.6. The number of hydrogen-bond acceptors (Lipinski definition) is 1. The maximum atomic E-state index is 14.2. The molecular weight excluding hydrogens is 397 g/mol. The third kappa shape index (κ3) is 5.56. The molecule has 4 atom stereocenters. The van der Waals surface area contributed by atoms with Crippen LogP contribution in [0.1, 0.15) is 89.0 Å². The van der Waals surface area contributed by atoms with Crippen molar-refractivity contribution in [2.45, 2.75) is 90.1 Å². The number of fused-ring (bicyclic) bond motifs is 2. The lowest BCUT2D eigenvalue weighted by molar-refractivity contribution is -0.0520.